The lowest BCUT2D eigenvalue weighted by atomic mass is 10.0. The van der Waals surface area contributed by atoms with E-state index in [-0.39, 0.29) is 10.6 Å². The smallest absolute Gasteiger partial charge is 0.293 e. The number of thiophene rings is 1. The fourth-order valence-corrected chi connectivity index (χ4v) is 6.88. The molecule has 0 radical (unpaired) electrons. The van der Waals surface area contributed by atoms with Gasteiger partial charge in [0.15, 0.2) is 0 Å². The summed E-state index contributed by atoms with van der Waals surface area (Å²) in [7, 11) is -3.78. The summed E-state index contributed by atoms with van der Waals surface area (Å²) in [5.74, 6) is 0. The van der Waals surface area contributed by atoms with Crippen LogP contribution in [0, 0.1) is 21.4 Å². The normalized spacial score (nSPS) is 17.6. The van der Waals surface area contributed by atoms with Gasteiger partial charge in [-0.15, -0.1) is 11.3 Å². The number of nitro groups is 1. The van der Waals surface area contributed by atoms with Gasteiger partial charge in [0.25, 0.3) is 5.69 Å². The third-order valence-corrected chi connectivity index (χ3v) is 8.82. The summed E-state index contributed by atoms with van der Waals surface area (Å²) in [5, 5.41) is 21.6. The van der Waals surface area contributed by atoms with Gasteiger partial charge in [0.1, 0.15) is 16.8 Å². The second kappa shape index (κ2) is 8.45. The van der Waals surface area contributed by atoms with E-state index in [1.165, 1.54) is 33.8 Å². The van der Waals surface area contributed by atoms with Crippen LogP contribution in [0.25, 0.3) is 0 Å². The van der Waals surface area contributed by atoms with Crippen LogP contribution in [0.1, 0.15) is 41.7 Å². The van der Waals surface area contributed by atoms with Crippen molar-refractivity contribution in [2.45, 2.75) is 43.5 Å². The molecule has 0 atom stereocenters. The molecule has 0 unspecified atom stereocenters. The van der Waals surface area contributed by atoms with Crippen LogP contribution in [-0.2, 0) is 23.0 Å². The van der Waals surface area contributed by atoms with Gasteiger partial charge < -0.3 is 10.6 Å². The maximum atomic E-state index is 13.1. The van der Waals surface area contributed by atoms with Crippen LogP contribution >= 0.6 is 11.3 Å². The number of nitrogen functional groups attached to an aromatic ring is 1. The van der Waals surface area contributed by atoms with E-state index in [0.29, 0.717) is 48.9 Å². The highest BCUT2D eigenvalue weighted by atomic mass is 32.2. The number of rotatable bonds is 4. The van der Waals surface area contributed by atoms with Gasteiger partial charge in [-0.05, 0) is 37.0 Å². The number of hydrogen-bond donors (Lipinski definition) is 1. The molecule has 0 bridgehead atoms. The summed E-state index contributed by atoms with van der Waals surface area (Å²) >= 11 is 1.32. The molecule has 31 heavy (non-hydrogen) atoms. The zero-order chi connectivity index (χ0) is 22.2. The molecule has 4 rings (SSSR count). The SMILES string of the molecule is N#Cc1c(N)sc2c1CCN(c1ccc(S(=O)(=O)N3CCCCCC3)cc1[N+](=O)[O-])C2. The van der Waals surface area contributed by atoms with Crippen LogP contribution in [0.3, 0.4) is 0 Å². The quantitative estimate of drug-likeness (QED) is 0.546. The zero-order valence-electron chi connectivity index (χ0n) is 16.9. The number of sulfonamides is 1. The number of nitrogens with zero attached hydrogens (tertiary/aromatic N) is 4. The first-order valence-corrected chi connectivity index (χ1v) is 12.4. The standard InChI is InChI=1S/C20H23N5O4S2/c21-12-16-15-7-10-23(13-19(15)30-20(16)22)17-6-5-14(11-18(17)25(26)27)31(28,29)24-8-3-1-2-4-9-24/h5-6,11H,1-4,7-10,13,22H2. The van der Waals surface area contributed by atoms with E-state index in [2.05, 4.69) is 6.07 Å². The lowest BCUT2D eigenvalue weighted by molar-refractivity contribution is -0.384. The van der Waals surface area contributed by atoms with Crippen LogP contribution < -0.4 is 10.6 Å². The fourth-order valence-electron chi connectivity index (χ4n) is 4.26. The molecule has 2 N–H and O–H groups in total. The molecule has 0 spiro atoms. The Bertz CT molecular complexity index is 1160. The highest BCUT2D eigenvalue weighted by Crippen LogP contribution is 2.39. The third kappa shape index (κ3) is 3.98. The van der Waals surface area contributed by atoms with Crippen molar-refractivity contribution in [1.29, 1.82) is 5.26 Å². The Labute approximate surface area is 184 Å². The Morgan fingerprint density at radius 3 is 2.52 bits per heavy atom. The zero-order valence-corrected chi connectivity index (χ0v) is 18.5. The summed E-state index contributed by atoms with van der Waals surface area (Å²) in [6.45, 7) is 1.75. The van der Waals surface area contributed by atoms with Gasteiger partial charge in [-0.1, -0.05) is 12.8 Å². The van der Waals surface area contributed by atoms with Gasteiger partial charge in [-0.2, -0.15) is 9.57 Å². The predicted molar refractivity (Wildman–Crippen MR) is 119 cm³/mol. The van der Waals surface area contributed by atoms with Crippen molar-refractivity contribution in [3.63, 3.8) is 0 Å². The lowest BCUT2D eigenvalue weighted by Crippen LogP contribution is -2.32. The molecule has 9 nitrogen and oxygen atoms in total. The maximum absolute atomic E-state index is 13.1. The van der Waals surface area contributed by atoms with Gasteiger partial charge >= 0.3 is 0 Å². The van der Waals surface area contributed by atoms with Crippen molar-refractivity contribution < 1.29 is 13.3 Å². The Balaban J connectivity index is 1.67. The summed E-state index contributed by atoms with van der Waals surface area (Å²) < 4.78 is 27.6. The molecule has 2 aromatic rings. The molecule has 2 aliphatic heterocycles. The number of fused-ring (bicyclic) bond motifs is 1. The van der Waals surface area contributed by atoms with E-state index in [1.54, 1.807) is 0 Å². The summed E-state index contributed by atoms with van der Waals surface area (Å²) in [6, 6.07) is 6.29. The lowest BCUT2D eigenvalue weighted by Gasteiger charge is -2.29. The van der Waals surface area contributed by atoms with E-state index >= 15 is 0 Å². The average Bonchev–Trinajstić information content (AvgIpc) is 2.91. The molecule has 1 aromatic heterocycles. The van der Waals surface area contributed by atoms with E-state index in [4.69, 9.17) is 5.73 Å². The van der Waals surface area contributed by atoms with Crippen LogP contribution in [-0.4, -0.2) is 37.3 Å². The van der Waals surface area contributed by atoms with Crippen LogP contribution in [0.4, 0.5) is 16.4 Å². The molecule has 0 saturated carbocycles. The molecule has 1 fully saturated rings. The highest BCUT2D eigenvalue weighted by Gasteiger charge is 2.31. The molecule has 2 aliphatic rings. The first-order valence-electron chi connectivity index (χ1n) is 10.2. The minimum Gasteiger partial charge on any atom is -0.389 e. The second-order valence-corrected chi connectivity index (χ2v) is 10.8. The number of nitro benzene ring substituents is 1. The molecule has 0 aliphatic carbocycles. The average molecular weight is 462 g/mol. The number of benzene rings is 1. The molecule has 0 amide bonds. The van der Waals surface area contributed by atoms with E-state index in [9.17, 15) is 23.8 Å². The Morgan fingerprint density at radius 2 is 1.87 bits per heavy atom. The van der Waals surface area contributed by atoms with Gasteiger partial charge in [0.05, 0.1) is 21.9 Å². The van der Waals surface area contributed by atoms with Gasteiger partial charge in [0, 0.05) is 30.6 Å². The number of nitriles is 1. The largest absolute Gasteiger partial charge is 0.389 e. The molecule has 1 aromatic carbocycles. The van der Waals surface area contributed by atoms with Crippen molar-refractivity contribution >= 4 is 37.7 Å². The Morgan fingerprint density at radius 1 is 1.16 bits per heavy atom. The van der Waals surface area contributed by atoms with Gasteiger partial charge in [-0.3, -0.25) is 10.1 Å². The molecule has 164 valence electrons. The molecule has 1 saturated heterocycles. The van der Waals surface area contributed by atoms with Crippen molar-refractivity contribution in [2.75, 3.05) is 30.3 Å². The van der Waals surface area contributed by atoms with Crippen LogP contribution in [0.5, 0.6) is 0 Å². The van der Waals surface area contributed by atoms with Crippen LogP contribution in [0.15, 0.2) is 23.1 Å². The van der Waals surface area contributed by atoms with Gasteiger partial charge in [-0.25, -0.2) is 8.42 Å². The minimum absolute atomic E-state index is 0.0466. The monoisotopic (exact) mass is 461 g/mol. The topological polar surface area (TPSA) is 134 Å². The van der Waals surface area contributed by atoms with Crippen LogP contribution in [0.2, 0.25) is 0 Å². The van der Waals surface area contributed by atoms with E-state index in [1.807, 2.05) is 4.90 Å². The van der Waals surface area contributed by atoms with E-state index in [0.717, 1.165) is 36.1 Å². The summed E-state index contributed by atoms with van der Waals surface area (Å²) in [6.07, 6.45) is 4.12. The van der Waals surface area contributed by atoms with Crippen molar-refractivity contribution in [2.24, 2.45) is 0 Å². The van der Waals surface area contributed by atoms with Crippen molar-refractivity contribution in [3.05, 3.63) is 44.3 Å². The molecule has 11 heteroatoms. The number of hydrogen-bond acceptors (Lipinski definition) is 8. The first kappa shape index (κ1) is 21.5. The molecular formula is C20H23N5O4S2. The fraction of sp³-hybridized carbons (Fsp3) is 0.450. The number of nitrogens with two attached hydrogens (primary N) is 1. The Kier molecular flexibility index (Phi) is 5.88. The van der Waals surface area contributed by atoms with Crippen molar-refractivity contribution in [3.8, 4) is 6.07 Å². The molecular weight excluding hydrogens is 438 g/mol. The predicted octanol–water partition coefficient (Wildman–Crippen LogP) is 3.24. The highest BCUT2D eigenvalue weighted by molar-refractivity contribution is 7.89. The first-order chi connectivity index (χ1) is 14.8. The van der Waals surface area contributed by atoms with Crippen molar-refractivity contribution in [1.82, 2.24) is 4.31 Å². The second-order valence-electron chi connectivity index (χ2n) is 7.75. The third-order valence-electron chi connectivity index (χ3n) is 5.88. The summed E-state index contributed by atoms with van der Waals surface area (Å²) in [5.41, 5.74) is 7.48. The van der Waals surface area contributed by atoms with E-state index < -0.39 is 14.9 Å². The molecule has 3 heterocycles. The number of anilines is 2. The maximum Gasteiger partial charge on any atom is 0.293 e. The minimum atomic E-state index is -3.78. The van der Waals surface area contributed by atoms with Gasteiger partial charge in [0.2, 0.25) is 10.0 Å². The Hall–Kier alpha value is -2.68. The summed E-state index contributed by atoms with van der Waals surface area (Å²) in [4.78, 5) is 14.0.